The molecule has 1 nitrogen and oxygen atoms in total. The highest BCUT2D eigenvalue weighted by molar-refractivity contribution is 9.09. The molecule has 0 unspecified atom stereocenters. The molecule has 0 spiro atoms. The molecule has 1 aromatic rings. The van der Waals surface area contributed by atoms with Gasteiger partial charge in [-0.25, -0.2) is 0 Å². The standard InChI is InChI=1S/C10H11BrO/c1-7-4-3-5-9(8(7)2)10(12)6-11/h3-5H,6H2,1-2H3. The first-order chi connectivity index (χ1) is 5.66. The van der Waals surface area contributed by atoms with E-state index in [-0.39, 0.29) is 5.78 Å². The molecule has 0 saturated carbocycles. The van der Waals surface area contributed by atoms with Crippen LogP contribution in [0.15, 0.2) is 18.2 Å². The second kappa shape index (κ2) is 3.85. The Morgan fingerprint density at radius 1 is 1.42 bits per heavy atom. The third kappa shape index (κ3) is 1.75. The smallest absolute Gasteiger partial charge is 0.173 e. The lowest BCUT2D eigenvalue weighted by Gasteiger charge is -2.04. The summed E-state index contributed by atoms with van der Waals surface area (Å²) < 4.78 is 0. The zero-order chi connectivity index (χ0) is 9.14. The average molecular weight is 227 g/mol. The number of aryl methyl sites for hydroxylation is 1. The lowest BCUT2D eigenvalue weighted by atomic mass is 10.0. The van der Waals surface area contributed by atoms with E-state index >= 15 is 0 Å². The minimum atomic E-state index is 0.149. The Kier molecular flexibility index (Phi) is 3.04. The quantitative estimate of drug-likeness (QED) is 0.560. The van der Waals surface area contributed by atoms with Crippen LogP contribution < -0.4 is 0 Å². The highest BCUT2D eigenvalue weighted by Gasteiger charge is 2.07. The summed E-state index contributed by atoms with van der Waals surface area (Å²) >= 11 is 3.16. The zero-order valence-corrected chi connectivity index (χ0v) is 8.81. The van der Waals surface area contributed by atoms with E-state index in [2.05, 4.69) is 15.9 Å². The molecular formula is C10H11BrO. The molecule has 0 N–H and O–H groups in total. The molecule has 0 bridgehead atoms. The summed E-state index contributed by atoms with van der Waals surface area (Å²) in [6.45, 7) is 3.99. The van der Waals surface area contributed by atoms with E-state index in [0.29, 0.717) is 5.33 Å². The fourth-order valence-corrected chi connectivity index (χ4v) is 1.43. The van der Waals surface area contributed by atoms with E-state index in [9.17, 15) is 4.79 Å². The molecule has 0 aliphatic rings. The van der Waals surface area contributed by atoms with Crippen molar-refractivity contribution < 1.29 is 4.79 Å². The second-order valence-corrected chi connectivity index (χ2v) is 3.37. The van der Waals surface area contributed by atoms with E-state index in [0.717, 1.165) is 11.1 Å². The molecule has 12 heavy (non-hydrogen) atoms. The van der Waals surface area contributed by atoms with Crippen molar-refractivity contribution in [3.05, 3.63) is 34.9 Å². The Morgan fingerprint density at radius 2 is 2.08 bits per heavy atom. The Hall–Kier alpha value is -0.630. The maximum Gasteiger partial charge on any atom is 0.173 e. The number of halogens is 1. The molecule has 1 rings (SSSR count). The minimum Gasteiger partial charge on any atom is -0.293 e. The molecule has 1 aromatic carbocycles. The number of benzene rings is 1. The molecule has 0 aliphatic carbocycles. The van der Waals surface area contributed by atoms with Crippen LogP contribution in [0.3, 0.4) is 0 Å². The molecule has 0 saturated heterocycles. The van der Waals surface area contributed by atoms with Gasteiger partial charge in [-0.05, 0) is 25.0 Å². The summed E-state index contributed by atoms with van der Waals surface area (Å²) in [5.74, 6) is 0.149. The van der Waals surface area contributed by atoms with Gasteiger partial charge in [0.05, 0.1) is 5.33 Å². The number of alkyl halides is 1. The first-order valence-corrected chi connectivity index (χ1v) is 4.94. The Labute approximate surface area is 80.9 Å². The third-order valence-electron chi connectivity index (χ3n) is 2.03. The van der Waals surface area contributed by atoms with Crippen molar-refractivity contribution in [1.29, 1.82) is 0 Å². The van der Waals surface area contributed by atoms with Gasteiger partial charge in [-0.15, -0.1) is 0 Å². The number of hydrogen-bond donors (Lipinski definition) is 0. The molecule has 0 radical (unpaired) electrons. The van der Waals surface area contributed by atoms with Gasteiger partial charge in [0.15, 0.2) is 5.78 Å². The average Bonchev–Trinajstić information content (AvgIpc) is 2.08. The third-order valence-corrected chi connectivity index (χ3v) is 2.54. The fraction of sp³-hybridized carbons (Fsp3) is 0.300. The predicted molar refractivity (Wildman–Crippen MR) is 54.0 cm³/mol. The minimum absolute atomic E-state index is 0.149. The Bertz CT molecular complexity index is 305. The van der Waals surface area contributed by atoms with Gasteiger partial charge < -0.3 is 0 Å². The van der Waals surface area contributed by atoms with Crippen LogP contribution in [-0.2, 0) is 0 Å². The summed E-state index contributed by atoms with van der Waals surface area (Å²) in [6, 6.07) is 5.80. The summed E-state index contributed by atoms with van der Waals surface area (Å²) in [7, 11) is 0. The van der Waals surface area contributed by atoms with Crippen LogP contribution >= 0.6 is 15.9 Å². The van der Waals surface area contributed by atoms with Crippen molar-refractivity contribution in [2.45, 2.75) is 13.8 Å². The van der Waals surface area contributed by atoms with Gasteiger partial charge in [0.25, 0.3) is 0 Å². The van der Waals surface area contributed by atoms with Crippen molar-refractivity contribution in [1.82, 2.24) is 0 Å². The Balaban J connectivity index is 3.16. The van der Waals surface area contributed by atoms with Gasteiger partial charge in [-0.3, -0.25) is 4.79 Å². The molecule has 0 aliphatic heterocycles. The monoisotopic (exact) mass is 226 g/mol. The van der Waals surface area contributed by atoms with Gasteiger partial charge in [0, 0.05) is 5.56 Å². The van der Waals surface area contributed by atoms with Gasteiger partial charge in [-0.2, -0.15) is 0 Å². The van der Waals surface area contributed by atoms with E-state index in [4.69, 9.17) is 0 Å². The van der Waals surface area contributed by atoms with Crippen LogP contribution in [0.4, 0.5) is 0 Å². The SMILES string of the molecule is Cc1cccc(C(=O)CBr)c1C. The molecule has 0 fully saturated rings. The molecule has 0 aromatic heterocycles. The number of carbonyl (C=O) groups excluding carboxylic acids is 1. The van der Waals surface area contributed by atoms with Gasteiger partial charge in [0.2, 0.25) is 0 Å². The topological polar surface area (TPSA) is 17.1 Å². The van der Waals surface area contributed by atoms with E-state index in [1.807, 2.05) is 32.0 Å². The Morgan fingerprint density at radius 3 is 2.67 bits per heavy atom. The van der Waals surface area contributed by atoms with Crippen LogP contribution in [0.25, 0.3) is 0 Å². The molecular weight excluding hydrogens is 216 g/mol. The van der Waals surface area contributed by atoms with Gasteiger partial charge in [0.1, 0.15) is 0 Å². The molecule has 64 valence electrons. The normalized spacial score (nSPS) is 9.92. The number of hydrogen-bond acceptors (Lipinski definition) is 1. The summed E-state index contributed by atoms with van der Waals surface area (Å²) in [6.07, 6.45) is 0. The maximum atomic E-state index is 11.3. The summed E-state index contributed by atoms with van der Waals surface area (Å²) in [5.41, 5.74) is 3.08. The van der Waals surface area contributed by atoms with Gasteiger partial charge in [-0.1, -0.05) is 34.1 Å². The maximum absolute atomic E-state index is 11.3. The lowest BCUT2D eigenvalue weighted by Crippen LogP contribution is -2.03. The second-order valence-electron chi connectivity index (χ2n) is 2.80. The van der Waals surface area contributed by atoms with Crippen LogP contribution in [0.1, 0.15) is 21.5 Å². The van der Waals surface area contributed by atoms with E-state index in [1.54, 1.807) is 0 Å². The van der Waals surface area contributed by atoms with Crippen molar-refractivity contribution in [3.63, 3.8) is 0 Å². The van der Waals surface area contributed by atoms with E-state index < -0.39 is 0 Å². The number of ketones is 1. The summed E-state index contributed by atoms with van der Waals surface area (Å²) in [4.78, 5) is 11.3. The van der Waals surface area contributed by atoms with Gasteiger partial charge >= 0.3 is 0 Å². The number of carbonyl (C=O) groups is 1. The zero-order valence-electron chi connectivity index (χ0n) is 7.23. The predicted octanol–water partition coefficient (Wildman–Crippen LogP) is 2.88. The number of rotatable bonds is 2. The highest BCUT2D eigenvalue weighted by atomic mass is 79.9. The van der Waals surface area contributed by atoms with Crippen LogP contribution in [0.5, 0.6) is 0 Å². The van der Waals surface area contributed by atoms with Crippen LogP contribution in [-0.4, -0.2) is 11.1 Å². The largest absolute Gasteiger partial charge is 0.293 e. The van der Waals surface area contributed by atoms with Crippen LogP contribution in [0, 0.1) is 13.8 Å². The van der Waals surface area contributed by atoms with Crippen molar-refractivity contribution in [3.8, 4) is 0 Å². The van der Waals surface area contributed by atoms with Crippen molar-refractivity contribution >= 4 is 21.7 Å². The molecule has 2 heteroatoms. The van der Waals surface area contributed by atoms with E-state index in [1.165, 1.54) is 5.56 Å². The lowest BCUT2D eigenvalue weighted by molar-refractivity contribution is 0.102. The van der Waals surface area contributed by atoms with Crippen molar-refractivity contribution in [2.24, 2.45) is 0 Å². The summed E-state index contributed by atoms with van der Waals surface area (Å²) in [5, 5.41) is 0.400. The van der Waals surface area contributed by atoms with Crippen molar-refractivity contribution in [2.75, 3.05) is 5.33 Å². The first kappa shape index (κ1) is 9.46. The molecule has 0 heterocycles. The highest BCUT2D eigenvalue weighted by Crippen LogP contribution is 2.13. The molecule has 0 amide bonds. The molecule has 0 atom stereocenters. The fourth-order valence-electron chi connectivity index (χ4n) is 1.13. The number of Topliss-reactive ketones (excluding diaryl/α,β-unsaturated/α-hetero) is 1. The van der Waals surface area contributed by atoms with Crippen LogP contribution in [0.2, 0.25) is 0 Å². The first-order valence-electron chi connectivity index (χ1n) is 3.82.